The first-order valence-corrected chi connectivity index (χ1v) is 10.5. The molecule has 0 spiro atoms. The molecule has 0 radical (unpaired) electrons. The predicted octanol–water partition coefficient (Wildman–Crippen LogP) is 4.97. The zero-order valence-corrected chi connectivity index (χ0v) is 18.7. The topological polar surface area (TPSA) is 85.4 Å². The summed E-state index contributed by atoms with van der Waals surface area (Å²) < 4.78 is 24.1. The molecule has 0 aliphatic rings. The largest absolute Gasteiger partial charge is 0.497 e. The number of methoxy groups -OCH3 is 2. The fraction of sp³-hybridized carbons (Fsp3) is 0.115. The van der Waals surface area contributed by atoms with Gasteiger partial charge in [0.1, 0.15) is 29.5 Å². The van der Waals surface area contributed by atoms with Gasteiger partial charge in [0.05, 0.1) is 19.9 Å². The van der Waals surface area contributed by atoms with E-state index >= 15 is 0 Å². The van der Waals surface area contributed by atoms with Crippen molar-refractivity contribution in [3.05, 3.63) is 96.1 Å². The van der Waals surface area contributed by atoms with E-state index in [-0.39, 0.29) is 11.7 Å². The Bertz CT molecular complexity index is 1300. The summed E-state index contributed by atoms with van der Waals surface area (Å²) in [6.45, 7) is 0.295. The first-order chi connectivity index (χ1) is 16.6. The van der Waals surface area contributed by atoms with Crippen LogP contribution in [0.4, 0.5) is 15.9 Å². The highest BCUT2D eigenvalue weighted by Gasteiger charge is 2.10. The van der Waals surface area contributed by atoms with Crippen molar-refractivity contribution in [1.82, 2.24) is 15.3 Å². The van der Waals surface area contributed by atoms with Crippen molar-refractivity contribution in [2.75, 3.05) is 19.5 Å². The molecule has 0 saturated heterocycles. The summed E-state index contributed by atoms with van der Waals surface area (Å²) in [5, 5.41) is 6.07. The lowest BCUT2D eigenvalue weighted by molar-refractivity contribution is 0.0950. The van der Waals surface area contributed by atoms with E-state index in [2.05, 4.69) is 20.6 Å². The van der Waals surface area contributed by atoms with Crippen molar-refractivity contribution in [3.63, 3.8) is 0 Å². The molecule has 4 aromatic rings. The van der Waals surface area contributed by atoms with Gasteiger partial charge in [0, 0.05) is 35.0 Å². The lowest BCUT2D eigenvalue weighted by atomic mass is 10.1. The Labute approximate surface area is 196 Å². The predicted molar refractivity (Wildman–Crippen MR) is 128 cm³/mol. The SMILES string of the molecule is COc1ccc(OC)c(CNC(=O)c2ccc(Nc3cc(-c4cccc(F)c4)ncn3)cc2)c1. The summed E-state index contributed by atoms with van der Waals surface area (Å²) in [6.07, 6.45) is 1.41. The summed E-state index contributed by atoms with van der Waals surface area (Å²) in [5.74, 6) is 1.36. The van der Waals surface area contributed by atoms with Crippen LogP contribution in [-0.2, 0) is 6.54 Å². The first kappa shape index (κ1) is 22.7. The fourth-order valence-electron chi connectivity index (χ4n) is 3.38. The molecule has 1 aromatic heterocycles. The number of rotatable bonds is 8. The Morgan fingerprint density at radius 1 is 0.941 bits per heavy atom. The third-order valence-electron chi connectivity index (χ3n) is 5.13. The molecule has 0 bridgehead atoms. The number of nitrogens with zero attached hydrogens (tertiary/aromatic N) is 2. The maximum atomic E-state index is 13.5. The molecule has 0 fully saturated rings. The highest BCUT2D eigenvalue weighted by atomic mass is 19.1. The summed E-state index contributed by atoms with van der Waals surface area (Å²) in [5.41, 5.74) is 3.32. The lowest BCUT2D eigenvalue weighted by Gasteiger charge is -2.12. The number of ether oxygens (including phenoxy) is 2. The normalized spacial score (nSPS) is 10.4. The standard InChI is InChI=1S/C26H23FN4O3/c1-33-22-10-11-24(34-2)19(13-22)15-28-26(32)17-6-8-21(9-7-17)31-25-14-23(29-16-30-25)18-4-3-5-20(27)12-18/h3-14,16H,15H2,1-2H3,(H,28,32)(H,29,30,31). The smallest absolute Gasteiger partial charge is 0.251 e. The van der Waals surface area contributed by atoms with E-state index in [1.165, 1.54) is 18.5 Å². The average molecular weight is 458 g/mol. The molecule has 172 valence electrons. The molecule has 0 saturated carbocycles. The zero-order chi connectivity index (χ0) is 23.9. The molecule has 2 N–H and O–H groups in total. The second-order valence-corrected chi connectivity index (χ2v) is 7.36. The molecule has 0 aliphatic carbocycles. The van der Waals surface area contributed by atoms with Crippen LogP contribution in [0.1, 0.15) is 15.9 Å². The number of carbonyl (C=O) groups is 1. The second kappa shape index (κ2) is 10.4. The van der Waals surface area contributed by atoms with Crippen LogP contribution in [0.3, 0.4) is 0 Å². The number of hydrogen-bond acceptors (Lipinski definition) is 6. The Hall–Kier alpha value is -4.46. The Morgan fingerprint density at radius 3 is 2.50 bits per heavy atom. The van der Waals surface area contributed by atoms with Gasteiger partial charge in [0.2, 0.25) is 0 Å². The maximum absolute atomic E-state index is 13.5. The van der Waals surface area contributed by atoms with E-state index in [9.17, 15) is 9.18 Å². The average Bonchev–Trinajstić information content (AvgIpc) is 2.87. The molecular weight excluding hydrogens is 435 g/mol. The molecule has 0 atom stereocenters. The molecule has 3 aromatic carbocycles. The Balaban J connectivity index is 1.41. The van der Waals surface area contributed by atoms with Gasteiger partial charge in [-0.2, -0.15) is 0 Å². The third kappa shape index (κ3) is 5.47. The van der Waals surface area contributed by atoms with Crippen LogP contribution >= 0.6 is 0 Å². The van der Waals surface area contributed by atoms with Gasteiger partial charge >= 0.3 is 0 Å². The minimum Gasteiger partial charge on any atom is -0.497 e. The number of amides is 1. The fourth-order valence-corrected chi connectivity index (χ4v) is 3.38. The zero-order valence-electron chi connectivity index (χ0n) is 18.7. The number of aromatic nitrogens is 2. The Kier molecular flexibility index (Phi) is 6.98. The van der Waals surface area contributed by atoms with Crippen molar-refractivity contribution >= 4 is 17.4 Å². The number of carbonyl (C=O) groups excluding carboxylic acids is 1. The van der Waals surface area contributed by atoms with Crippen LogP contribution in [0.25, 0.3) is 11.3 Å². The first-order valence-electron chi connectivity index (χ1n) is 10.5. The van der Waals surface area contributed by atoms with Crippen LogP contribution in [0.15, 0.2) is 79.1 Å². The van der Waals surface area contributed by atoms with Crippen LogP contribution in [0.5, 0.6) is 11.5 Å². The highest BCUT2D eigenvalue weighted by molar-refractivity contribution is 5.94. The summed E-state index contributed by atoms with van der Waals surface area (Å²) in [4.78, 5) is 21.0. The minimum atomic E-state index is -0.329. The van der Waals surface area contributed by atoms with Gasteiger partial charge in [-0.3, -0.25) is 4.79 Å². The van der Waals surface area contributed by atoms with Crippen molar-refractivity contribution in [2.45, 2.75) is 6.54 Å². The molecule has 1 heterocycles. The van der Waals surface area contributed by atoms with Gasteiger partial charge in [-0.05, 0) is 54.6 Å². The van der Waals surface area contributed by atoms with E-state index in [4.69, 9.17) is 9.47 Å². The molecule has 0 aliphatic heterocycles. The molecular formula is C26H23FN4O3. The lowest BCUT2D eigenvalue weighted by Crippen LogP contribution is -2.23. The van der Waals surface area contributed by atoms with Gasteiger partial charge in [-0.1, -0.05) is 12.1 Å². The molecule has 34 heavy (non-hydrogen) atoms. The van der Waals surface area contributed by atoms with E-state index in [0.717, 1.165) is 11.3 Å². The highest BCUT2D eigenvalue weighted by Crippen LogP contribution is 2.24. The number of halogens is 1. The summed E-state index contributed by atoms with van der Waals surface area (Å²) in [6, 6.07) is 20.4. The number of anilines is 2. The third-order valence-corrected chi connectivity index (χ3v) is 5.13. The monoisotopic (exact) mass is 458 g/mol. The molecule has 7 nitrogen and oxygen atoms in total. The number of hydrogen-bond donors (Lipinski definition) is 2. The van der Waals surface area contributed by atoms with E-state index in [1.807, 2.05) is 6.07 Å². The van der Waals surface area contributed by atoms with Crippen molar-refractivity contribution in [3.8, 4) is 22.8 Å². The van der Waals surface area contributed by atoms with Crippen molar-refractivity contribution in [1.29, 1.82) is 0 Å². The van der Waals surface area contributed by atoms with Gasteiger partial charge in [0.15, 0.2) is 0 Å². The van der Waals surface area contributed by atoms with Crippen LogP contribution in [0, 0.1) is 5.82 Å². The van der Waals surface area contributed by atoms with E-state index < -0.39 is 0 Å². The second-order valence-electron chi connectivity index (χ2n) is 7.36. The Morgan fingerprint density at radius 2 is 1.76 bits per heavy atom. The van der Waals surface area contributed by atoms with Gasteiger partial charge in [0.25, 0.3) is 5.91 Å². The van der Waals surface area contributed by atoms with Gasteiger partial charge in [-0.15, -0.1) is 0 Å². The van der Waals surface area contributed by atoms with E-state index in [1.54, 1.807) is 68.8 Å². The summed E-state index contributed by atoms with van der Waals surface area (Å²) in [7, 11) is 3.17. The molecule has 4 rings (SSSR count). The molecule has 1 amide bonds. The quantitative estimate of drug-likeness (QED) is 0.388. The van der Waals surface area contributed by atoms with Crippen LogP contribution < -0.4 is 20.1 Å². The van der Waals surface area contributed by atoms with Gasteiger partial charge in [-0.25, -0.2) is 14.4 Å². The number of benzene rings is 3. The maximum Gasteiger partial charge on any atom is 0.251 e. The van der Waals surface area contributed by atoms with Crippen LogP contribution in [-0.4, -0.2) is 30.1 Å². The minimum absolute atomic E-state index is 0.216. The molecule has 0 unspecified atom stereocenters. The summed E-state index contributed by atoms with van der Waals surface area (Å²) >= 11 is 0. The van der Waals surface area contributed by atoms with Crippen molar-refractivity contribution in [2.24, 2.45) is 0 Å². The molecule has 8 heteroatoms. The van der Waals surface area contributed by atoms with E-state index in [0.29, 0.717) is 40.7 Å². The van der Waals surface area contributed by atoms with Crippen molar-refractivity contribution < 1.29 is 18.7 Å². The number of nitrogens with one attached hydrogen (secondary N) is 2. The van der Waals surface area contributed by atoms with Gasteiger partial charge < -0.3 is 20.1 Å². The van der Waals surface area contributed by atoms with Crippen LogP contribution in [0.2, 0.25) is 0 Å².